The van der Waals surface area contributed by atoms with Crippen LogP contribution in [0.5, 0.6) is 0 Å². The Labute approximate surface area is 185 Å². The van der Waals surface area contributed by atoms with E-state index >= 15 is 0 Å². The monoisotopic (exact) mass is 461 g/mol. The van der Waals surface area contributed by atoms with Crippen LogP contribution in [0.2, 0.25) is 0 Å². The van der Waals surface area contributed by atoms with Crippen LogP contribution in [0.4, 0.5) is 10.8 Å². The molecule has 0 spiro atoms. The van der Waals surface area contributed by atoms with Crippen molar-refractivity contribution >= 4 is 45.7 Å². The van der Waals surface area contributed by atoms with Gasteiger partial charge < -0.3 is 15.2 Å². The van der Waals surface area contributed by atoms with Gasteiger partial charge in [-0.05, 0) is 19.9 Å². The maximum Gasteiger partial charge on any atom is 0.270 e. The number of benzene rings is 1. The Kier molecular flexibility index (Phi) is 7.31. The van der Waals surface area contributed by atoms with Crippen molar-refractivity contribution in [1.29, 1.82) is 0 Å². The third-order valence-electron chi connectivity index (χ3n) is 4.04. The highest BCUT2D eigenvalue weighted by Gasteiger charge is 2.16. The molecule has 13 heteroatoms. The van der Waals surface area contributed by atoms with Crippen LogP contribution < -0.4 is 10.6 Å². The molecule has 0 atom stereocenters. The Morgan fingerprint density at radius 2 is 2.13 bits per heavy atom. The lowest BCUT2D eigenvalue weighted by Crippen LogP contribution is -2.25. The van der Waals surface area contributed by atoms with Crippen molar-refractivity contribution in [2.24, 2.45) is 0 Å². The summed E-state index contributed by atoms with van der Waals surface area (Å²) in [5.41, 5.74) is 0.0229. The fourth-order valence-electron chi connectivity index (χ4n) is 2.59. The van der Waals surface area contributed by atoms with Crippen LogP contribution in [-0.4, -0.2) is 42.2 Å². The van der Waals surface area contributed by atoms with E-state index in [1.165, 1.54) is 47.4 Å². The molecule has 0 unspecified atom stereocenters. The molecule has 0 fully saturated rings. The largest absolute Gasteiger partial charge is 0.345 e. The minimum atomic E-state index is -0.556. The number of nitro benzene ring substituents is 1. The van der Waals surface area contributed by atoms with E-state index < -0.39 is 10.8 Å². The first-order valence-electron chi connectivity index (χ1n) is 9.17. The van der Waals surface area contributed by atoms with Crippen molar-refractivity contribution in [2.45, 2.75) is 32.1 Å². The van der Waals surface area contributed by atoms with E-state index in [1.54, 1.807) is 10.8 Å². The van der Waals surface area contributed by atoms with E-state index in [0.717, 1.165) is 4.88 Å². The number of hydrogen-bond acceptors (Lipinski definition) is 9. The van der Waals surface area contributed by atoms with Crippen molar-refractivity contribution in [3.8, 4) is 0 Å². The number of aryl methyl sites for hydroxylation is 1. The molecule has 2 heterocycles. The highest BCUT2D eigenvalue weighted by Crippen LogP contribution is 2.20. The molecule has 2 N–H and O–H groups in total. The molecule has 2 aromatic heterocycles. The van der Waals surface area contributed by atoms with E-state index in [4.69, 9.17) is 0 Å². The van der Waals surface area contributed by atoms with Crippen LogP contribution >= 0.6 is 23.1 Å². The summed E-state index contributed by atoms with van der Waals surface area (Å²) in [7, 11) is 0. The summed E-state index contributed by atoms with van der Waals surface area (Å²) in [6, 6.07) is 5.48. The average molecular weight is 462 g/mol. The summed E-state index contributed by atoms with van der Waals surface area (Å²) < 4.78 is 1.79. The molecule has 11 nitrogen and oxygen atoms in total. The van der Waals surface area contributed by atoms with Gasteiger partial charge in [-0.15, -0.1) is 21.5 Å². The highest BCUT2D eigenvalue weighted by atomic mass is 32.2. The molecule has 0 aliphatic heterocycles. The maximum absolute atomic E-state index is 12.3. The smallest absolute Gasteiger partial charge is 0.270 e. The van der Waals surface area contributed by atoms with Crippen LogP contribution in [0.3, 0.4) is 0 Å². The first-order chi connectivity index (χ1) is 14.9. The summed E-state index contributed by atoms with van der Waals surface area (Å²) in [6.07, 6.45) is 1.69. The normalized spacial score (nSPS) is 10.6. The van der Waals surface area contributed by atoms with Crippen molar-refractivity contribution < 1.29 is 14.5 Å². The molecule has 3 rings (SSSR count). The minimum Gasteiger partial charge on any atom is -0.345 e. The summed E-state index contributed by atoms with van der Waals surface area (Å²) >= 11 is 2.63. The van der Waals surface area contributed by atoms with Crippen molar-refractivity contribution in [3.63, 3.8) is 0 Å². The van der Waals surface area contributed by atoms with Crippen LogP contribution in [-0.2, 0) is 17.9 Å². The molecule has 0 radical (unpaired) electrons. The zero-order valence-corrected chi connectivity index (χ0v) is 18.3. The number of hydrogen-bond donors (Lipinski definition) is 2. The summed E-state index contributed by atoms with van der Waals surface area (Å²) in [5, 5.41) is 25.6. The number of aromatic nitrogens is 4. The average Bonchev–Trinajstić information content (AvgIpc) is 3.35. The van der Waals surface area contributed by atoms with Crippen LogP contribution in [0.15, 0.2) is 35.6 Å². The van der Waals surface area contributed by atoms with E-state index in [-0.39, 0.29) is 29.5 Å². The van der Waals surface area contributed by atoms with Gasteiger partial charge in [0.25, 0.3) is 11.6 Å². The summed E-state index contributed by atoms with van der Waals surface area (Å²) in [4.78, 5) is 39.9. The number of nitrogens with one attached hydrogen (secondary N) is 2. The van der Waals surface area contributed by atoms with Crippen LogP contribution in [0, 0.1) is 17.0 Å². The number of thioether (sulfide) groups is 1. The van der Waals surface area contributed by atoms with Gasteiger partial charge in [0.05, 0.1) is 17.2 Å². The first kappa shape index (κ1) is 22.4. The quantitative estimate of drug-likeness (QED) is 0.281. The summed E-state index contributed by atoms with van der Waals surface area (Å²) in [6.45, 7) is 4.45. The minimum absolute atomic E-state index is 0.0908. The molecule has 31 heavy (non-hydrogen) atoms. The van der Waals surface area contributed by atoms with Gasteiger partial charge in [0.15, 0.2) is 16.1 Å². The van der Waals surface area contributed by atoms with Gasteiger partial charge in [0.2, 0.25) is 5.91 Å². The second kappa shape index (κ2) is 10.1. The molecule has 162 valence electrons. The maximum atomic E-state index is 12.3. The molecule has 0 saturated carbocycles. The Morgan fingerprint density at radius 1 is 1.32 bits per heavy atom. The van der Waals surface area contributed by atoms with Crippen molar-refractivity contribution in [1.82, 2.24) is 25.1 Å². The van der Waals surface area contributed by atoms with Crippen molar-refractivity contribution in [2.75, 3.05) is 11.1 Å². The lowest BCUT2D eigenvalue weighted by Gasteiger charge is -2.08. The number of amides is 2. The standard InChI is InChI=1S/C18H19N7O4S2/c1-3-24-14(9-19-16(27)12-5-4-6-13(7-12)25(28)29)22-23-18(24)30-10-15(26)21-17-20-8-11(2)31-17/h4-8H,3,9-10H2,1-2H3,(H,19,27)(H,20,21,26). The Morgan fingerprint density at radius 3 is 2.81 bits per heavy atom. The molecule has 0 aliphatic carbocycles. The number of carbonyl (C=O) groups is 2. The first-order valence-corrected chi connectivity index (χ1v) is 11.0. The van der Waals surface area contributed by atoms with Gasteiger partial charge in [-0.2, -0.15) is 0 Å². The van der Waals surface area contributed by atoms with E-state index in [0.29, 0.717) is 22.7 Å². The number of carbonyl (C=O) groups excluding carboxylic acids is 2. The number of rotatable bonds is 9. The van der Waals surface area contributed by atoms with Gasteiger partial charge in [-0.1, -0.05) is 17.8 Å². The molecule has 2 amide bonds. The number of non-ortho nitro benzene ring substituents is 1. The van der Waals surface area contributed by atoms with Crippen LogP contribution in [0.1, 0.15) is 28.0 Å². The molecule has 3 aromatic rings. The van der Waals surface area contributed by atoms with Gasteiger partial charge in [-0.25, -0.2) is 4.98 Å². The van der Waals surface area contributed by atoms with Gasteiger partial charge >= 0.3 is 0 Å². The van der Waals surface area contributed by atoms with Crippen LogP contribution in [0.25, 0.3) is 0 Å². The second-order valence-electron chi connectivity index (χ2n) is 6.25. The van der Waals surface area contributed by atoms with Gasteiger partial charge in [0.1, 0.15) is 0 Å². The lowest BCUT2D eigenvalue weighted by molar-refractivity contribution is -0.384. The SMILES string of the molecule is CCn1c(CNC(=O)c2cccc([N+](=O)[O-])c2)nnc1SCC(=O)Nc1ncc(C)s1. The van der Waals surface area contributed by atoms with Gasteiger partial charge in [-0.3, -0.25) is 19.7 Å². The van der Waals surface area contributed by atoms with E-state index in [2.05, 4.69) is 25.8 Å². The predicted octanol–water partition coefficient (Wildman–Crippen LogP) is 2.63. The molecule has 0 aliphatic rings. The fraction of sp³-hybridized carbons (Fsp3) is 0.278. The second-order valence-corrected chi connectivity index (χ2v) is 8.42. The third kappa shape index (κ3) is 5.86. The Bertz CT molecular complexity index is 1110. The fourth-order valence-corrected chi connectivity index (χ4v) is 4.10. The summed E-state index contributed by atoms with van der Waals surface area (Å²) in [5.74, 6) is -0.0106. The van der Waals surface area contributed by atoms with E-state index in [1.807, 2.05) is 13.8 Å². The number of thiazole rings is 1. The number of nitrogens with zero attached hydrogens (tertiary/aromatic N) is 5. The number of nitro groups is 1. The van der Waals surface area contributed by atoms with Gasteiger partial charge in [0, 0.05) is 35.3 Å². The zero-order valence-electron chi connectivity index (χ0n) is 16.7. The molecular formula is C18H19N7O4S2. The van der Waals surface area contributed by atoms with E-state index in [9.17, 15) is 19.7 Å². The lowest BCUT2D eigenvalue weighted by atomic mass is 10.2. The molecule has 0 bridgehead atoms. The molecule has 1 aromatic carbocycles. The predicted molar refractivity (Wildman–Crippen MR) is 116 cm³/mol. The topological polar surface area (TPSA) is 145 Å². The Balaban J connectivity index is 1.58. The third-order valence-corrected chi connectivity index (χ3v) is 5.83. The number of anilines is 1. The highest BCUT2D eigenvalue weighted by molar-refractivity contribution is 7.99. The zero-order chi connectivity index (χ0) is 22.4. The molecular weight excluding hydrogens is 442 g/mol. The Hall–Kier alpha value is -3.32. The van der Waals surface area contributed by atoms with Crippen molar-refractivity contribution in [3.05, 3.63) is 56.8 Å². The molecule has 0 saturated heterocycles.